The zero-order valence-corrected chi connectivity index (χ0v) is 10.3. The average molecular weight is 250 g/mol. The summed E-state index contributed by atoms with van der Waals surface area (Å²) >= 11 is 0. The summed E-state index contributed by atoms with van der Waals surface area (Å²) in [6.07, 6.45) is 1.43. The fourth-order valence-electron chi connectivity index (χ4n) is 1.51. The Morgan fingerprint density at radius 3 is 2.50 bits per heavy atom. The molecule has 1 aromatic carbocycles. The van der Waals surface area contributed by atoms with Gasteiger partial charge in [-0.25, -0.2) is 5.43 Å². The minimum atomic E-state index is -0.990. The van der Waals surface area contributed by atoms with Crippen LogP contribution in [0.2, 0.25) is 0 Å². The molecular weight excluding hydrogens is 232 g/mol. The standard InChI is InChI=1S/C13H18N2O3/c1-2-6-12(16)15-14-11(13(17)18)9-10-7-4-3-5-8-10/h3-5,7-8,11,14H,2,6,9H2,1H3,(H,15,16)(H,17,18). The lowest BCUT2D eigenvalue weighted by Gasteiger charge is -2.15. The highest BCUT2D eigenvalue weighted by molar-refractivity contribution is 5.77. The molecular formula is C13H18N2O3. The first-order chi connectivity index (χ1) is 8.63. The first-order valence-electron chi connectivity index (χ1n) is 5.94. The predicted molar refractivity (Wildman–Crippen MR) is 67.8 cm³/mol. The van der Waals surface area contributed by atoms with Crippen molar-refractivity contribution in [2.75, 3.05) is 0 Å². The van der Waals surface area contributed by atoms with Crippen LogP contribution < -0.4 is 10.9 Å². The van der Waals surface area contributed by atoms with E-state index in [2.05, 4.69) is 10.9 Å². The molecule has 0 heterocycles. The number of carboxylic acid groups (broad SMARTS) is 1. The number of amides is 1. The summed E-state index contributed by atoms with van der Waals surface area (Å²) < 4.78 is 0. The lowest BCUT2D eigenvalue weighted by molar-refractivity contribution is -0.140. The molecule has 1 rings (SSSR count). The van der Waals surface area contributed by atoms with Gasteiger partial charge in [-0.05, 0) is 12.0 Å². The lowest BCUT2D eigenvalue weighted by atomic mass is 10.1. The molecule has 0 aliphatic carbocycles. The Kier molecular flexibility index (Phi) is 5.87. The van der Waals surface area contributed by atoms with Gasteiger partial charge in [-0.1, -0.05) is 37.3 Å². The van der Waals surface area contributed by atoms with Crippen LogP contribution in [0.4, 0.5) is 0 Å². The number of hydrogen-bond acceptors (Lipinski definition) is 3. The Bertz CT molecular complexity index is 392. The van der Waals surface area contributed by atoms with Gasteiger partial charge in [0.15, 0.2) is 0 Å². The van der Waals surface area contributed by atoms with Gasteiger partial charge >= 0.3 is 5.97 Å². The van der Waals surface area contributed by atoms with Crippen molar-refractivity contribution in [1.82, 2.24) is 10.9 Å². The molecule has 0 radical (unpaired) electrons. The Morgan fingerprint density at radius 1 is 1.28 bits per heavy atom. The van der Waals surface area contributed by atoms with E-state index in [1.807, 2.05) is 37.3 Å². The summed E-state index contributed by atoms with van der Waals surface area (Å²) in [5, 5.41) is 9.06. The second-order valence-electron chi connectivity index (χ2n) is 4.02. The fourth-order valence-corrected chi connectivity index (χ4v) is 1.51. The van der Waals surface area contributed by atoms with Crippen molar-refractivity contribution in [2.45, 2.75) is 32.2 Å². The van der Waals surface area contributed by atoms with Crippen molar-refractivity contribution < 1.29 is 14.7 Å². The highest BCUT2D eigenvalue weighted by atomic mass is 16.4. The van der Waals surface area contributed by atoms with Crippen molar-refractivity contribution in [3.8, 4) is 0 Å². The van der Waals surface area contributed by atoms with Gasteiger partial charge in [0.05, 0.1) is 0 Å². The number of rotatable bonds is 7. The fraction of sp³-hybridized carbons (Fsp3) is 0.385. The average Bonchev–Trinajstić information content (AvgIpc) is 2.35. The minimum Gasteiger partial charge on any atom is -0.480 e. The predicted octanol–water partition coefficient (Wildman–Crippen LogP) is 1.10. The van der Waals surface area contributed by atoms with Gasteiger partial charge in [0, 0.05) is 12.8 Å². The van der Waals surface area contributed by atoms with Crippen LogP contribution in [-0.4, -0.2) is 23.0 Å². The summed E-state index contributed by atoms with van der Waals surface area (Å²) in [6, 6.07) is 8.45. The molecule has 5 nitrogen and oxygen atoms in total. The first kappa shape index (κ1) is 14.2. The van der Waals surface area contributed by atoms with Gasteiger partial charge in [-0.3, -0.25) is 15.0 Å². The number of aliphatic carboxylic acids is 1. The minimum absolute atomic E-state index is 0.197. The largest absolute Gasteiger partial charge is 0.480 e. The smallest absolute Gasteiger partial charge is 0.322 e. The number of carbonyl (C=O) groups excluding carboxylic acids is 1. The quantitative estimate of drug-likeness (QED) is 0.633. The second-order valence-corrected chi connectivity index (χ2v) is 4.02. The van der Waals surface area contributed by atoms with Crippen LogP contribution in [0.1, 0.15) is 25.3 Å². The third kappa shape index (κ3) is 4.97. The van der Waals surface area contributed by atoms with Gasteiger partial charge in [-0.2, -0.15) is 0 Å². The van der Waals surface area contributed by atoms with E-state index in [1.165, 1.54) is 0 Å². The lowest BCUT2D eigenvalue weighted by Crippen LogP contribution is -2.49. The molecule has 98 valence electrons. The zero-order chi connectivity index (χ0) is 13.4. The van der Waals surface area contributed by atoms with Gasteiger partial charge in [0.1, 0.15) is 6.04 Å². The highest BCUT2D eigenvalue weighted by Crippen LogP contribution is 2.03. The third-order valence-corrected chi connectivity index (χ3v) is 2.44. The molecule has 5 heteroatoms. The van der Waals surface area contributed by atoms with E-state index >= 15 is 0 Å². The normalized spacial score (nSPS) is 11.8. The Balaban J connectivity index is 2.51. The van der Waals surface area contributed by atoms with Crippen LogP contribution in [0, 0.1) is 0 Å². The van der Waals surface area contributed by atoms with E-state index in [9.17, 15) is 9.59 Å². The monoisotopic (exact) mass is 250 g/mol. The number of carbonyl (C=O) groups is 2. The Labute approximate surface area is 106 Å². The van der Waals surface area contributed by atoms with Crippen LogP contribution in [-0.2, 0) is 16.0 Å². The molecule has 0 aromatic heterocycles. The molecule has 1 amide bonds. The third-order valence-electron chi connectivity index (χ3n) is 2.44. The van der Waals surface area contributed by atoms with Crippen molar-refractivity contribution in [3.05, 3.63) is 35.9 Å². The molecule has 3 N–H and O–H groups in total. The van der Waals surface area contributed by atoms with E-state index in [0.29, 0.717) is 12.8 Å². The maximum absolute atomic E-state index is 11.3. The van der Waals surface area contributed by atoms with Crippen LogP contribution in [0.25, 0.3) is 0 Å². The van der Waals surface area contributed by atoms with Gasteiger partial charge in [0.25, 0.3) is 0 Å². The maximum atomic E-state index is 11.3. The molecule has 0 aliphatic rings. The SMILES string of the molecule is CCCC(=O)NNC(Cc1ccccc1)C(=O)O. The molecule has 0 spiro atoms. The van der Waals surface area contributed by atoms with Crippen LogP contribution in [0.3, 0.4) is 0 Å². The van der Waals surface area contributed by atoms with Crippen molar-refractivity contribution in [1.29, 1.82) is 0 Å². The summed E-state index contributed by atoms with van der Waals surface area (Å²) in [6.45, 7) is 1.89. The summed E-state index contributed by atoms with van der Waals surface area (Å²) in [4.78, 5) is 22.3. The number of carboxylic acids is 1. The van der Waals surface area contributed by atoms with Crippen molar-refractivity contribution in [3.63, 3.8) is 0 Å². The van der Waals surface area contributed by atoms with Crippen LogP contribution in [0.5, 0.6) is 0 Å². The zero-order valence-electron chi connectivity index (χ0n) is 10.3. The van der Waals surface area contributed by atoms with E-state index in [1.54, 1.807) is 0 Å². The molecule has 0 bridgehead atoms. The number of benzene rings is 1. The Hall–Kier alpha value is -1.88. The van der Waals surface area contributed by atoms with Gasteiger partial charge in [0.2, 0.25) is 5.91 Å². The summed E-state index contributed by atoms with van der Waals surface area (Å²) in [5.41, 5.74) is 5.87. The summed E-state index contributed by atoms with van der Waals surface area (Å²) in [5.74, 6) is -1.19. The molecule has 1 aromatic rings. The Morgan fingerprint density at radius 2 is 1.94 bits per heavy atom. The highest BCUT2D eigenvalue weighted by Gasteiger charge is 2.17. The second kappa shape index (κ2) is 7.45. The number of nitrogens with one attached hydrogen (secondary N) is 2. The van der Waals surface area contributed by atoms with E-state index < -0.39 is 12.0 Å². The van der Waals surface area contributed by atoms with E-state index in [0.717, 1.165) is 12.0 Å². The first-order valence-corrected chi connectivity index (χ1v) is 5.94. The van der Waals surface area contributed by atoms with Crippen molar-refractivity contribution >= 4 is 11.9 Å². The molecule has 0 aliphatic heterocycles. The topological polar surface area (TPSA) is 78.4 Å². The van der Waals surface area contributed by atoms with Crippen LogP contribution in [0.15, 0.2) is 30.3 Å². The summed E-state index contributed by atoms with van der Waals surface area (Å²) in [7, 11) is 0. The van der Waals surface area contributed by atoms with Crippen LogP contribution >= 0.6 is 0 Å². The maximum Gasteiger partial charge on any atom is 0.322 e. The molecule has 0 saturated carbocycles. The molecule has 1 unspecified atom stereocenters. The van der Waals surface area contributed by atoms with E-state index in [-0.39, 0.29) is 5.91 Å². The number of hydrazine groups is 1. The molecule has 18 heavy (non-hydrogen) atoms. The van der Waals surface area contributed by atoms with Crippen molar-refractivity contribution in [2.24, 2.45) is 0 Å². The number of hydrogen-bond donors (Lipinski definition) is 3. The van der Waals surface area contributed by atoms with E-state index in [4.69, 9.17) is 5.11 Å². The molecule has 1 atom stereocenters. The molecule has 0 fully saturated rings. The molecule has 0 saturated heterocycles. The van der Waals surface area contributed by atoms with Gasteiger partial charge < -0.3 is 5.11 Å². The van der Waals surface area contributed by atoms with Gasteiger partial charge in [-0.15, -0.1) is 0 Å².